The van der Waals surface area contributed by atoms with E-state index < -0.39 is 0 Å². The molecule has 0 amide bonds. The zero-order valence-electron chi connectivity index (χ0n) is 5.87. The van der Waals surface area contributed by atoms with Crippen LogP contribution in [0.15, 0.2) is 0 Å². The maximum Gasteiger partial charge on any atom is 0.236 e. The molecule has 0 aliphatic heterocycles. The molecule has 3 heteroatoms. The molecule has 0 aromatic heterocycles. The predicted octanol–water partition coefficient (Wildman–Crippen LogP) is 2.86. The van der Waals surface area contributed by atoms with Crippen molar-refractivity contribution in [2.75, 3.05) is 0 Å². The van der Waals surface area contributed by atoms with Gasteiger partial charge in [0.2, 0.25) is 15.2 Å². The molecule has 0 rings (SSSR count). The van der Waals surface area contributed by atoms with E-state index in [9.17, 15) is 0 Å². The molecule has 0 radical (unpaired) electrons. The number of alkyl halides is 2. The second kappa shape index (κ2) is 7.22. The van der Waals surface area contributed by atoms with Crippen molar-refractivity contribution in [3.05, 3.63) is 0 Å². The Balaban J connectivity index is 2.75. The van der Waals surface area contributed by atoms with Crippen LogP contribution in [0.25, 0.3) is 0 Å². The van der Waals surface area contributed by atoms with E-state index in [4.69, 9.17) is 23.2 Å². The van der Waals surface area contributed by atoms with Crippen molar-refractivity contribution in [3.63, 3.8) is 0 Å². The van der Waals surface area contributed by atoms with Gasteiger partial charge in [-0.3, -0.25) is 0 Å². The minimum Gasteiger partial charge on any atom is -0.105 e. The molecule has 0 aromatic rings. The highest BCUT2D eigenvalue weighted by Crippen LogP contribution is 2.11. The van der Waals surface area contributed by atoms with Crippen LogP contribution < -0.4 is 0 Å². The van der Waals surface area contributed by atoms with Gasteiger partial charge < -0.3 is 0 Å². The molecule has 0 atom stereocenters. The molecular weight excluding hydrogens is 170 g/mol. The van der Waals surface area contributed by atoms with Crippen molar-refractivity contribution in [2.45, 2.75) is 35.2 Å². The minimum atomic E-state index is -0.129. The summed E-state index contributed by atoms with van der Waals surface area (Å²) >= 11 is 11.3. The van der Waals surface area contributed by atoms with Crippen LogP contribution in [-0.2, 0) is 0 Å². The van der Waals surface area contributed by atoms with E-state index >= 15 is 0 Å². The molecule has 0 heterocycles. The van der Waals surface area contributed by atoms with E-state index in [-0.39, 0.29) is 20.1 Å². The maximum absolute atomic E-state index is 5.54. The fraction of sp³-hybridized carbons (Fsp3) is 1.00. The molecule has 0 bridgehead atoms. The van der Waals surface area contributed by atoms with Gasteiger partial charge in [-0.1, -0.05) is 18.6 Å². The van der Waals surface area contributed by atoms with Crippen LogP contribution >= 0.6 is 23.2 Å². The molecule has 54 valence electrons. The lowest BCUT2D eigenvalue weighted by atomic mass is 10.4. The summed E-state index contributed by atoms with van der Waals surface area (Å²) in [6.45, 7) is 2.26. The Morgan fingerprint density at radius 1 is 1.44 bits per heavy atom. The summed E-state index contributed by atoms with van der Waals surface area (Å²) in [6.07, 6.45) is 2.22. The van der Waals surface area contributed by atoms with Crippen molar-refractivity contribution < 1.29 is 0 Å². The maximum atomic E-state index is 5.54. The molecule has 0 unspecified atom stereocenters. The van der Waals surface area contributed by atoms with Gasteiger partial charge in [0.15, 0.2) is 0 Å². The first-order chi connectivity index (χ1) is 4.27. The molecule has 9 heavy (non-hydrogen) atoms. The summed E-state index contributed by atoms with van der Waals surface area (Å²) in [5, 5.41) is 2.82. The fourth-order valence-electron chi connectivity index (χ4n) is 0.725. The number of rotatable bonds is 5. The van der Waals surface area contributed by atoms with Crippen LogP contribution in [-0.4, -0.2) is 20.1 Å². The van der Waals surface area contributed by atoms with Crippen molar-refractivity contribution in [1.29, 1.82) is 0 Å². The molecule has 0 N–H and O–H groups in total. The number of halogens is 2. The molecule has 0 saturated carbocycles. The Bertz CT molecular complexity index is 57.0. The van der Waals surface area contributed by atoms with E-state index in [1.54, 1.807) is 0 Å². The lowest BCUT2D eigenvalue weighted by molar-refractivity contribution is 0.852. The molecule has 0 saturated heterocycles. The first-order valence-corrected chi connectivity index (χ1v) is 6.42. The van der Waals surface area contributed by atoms with Gasteiger partial charge in [-0.2, -0.15) is 0 Å². The van der Waals surface area contributed by atoms with Crippen LogP contribution in [0, 0.1) is 0 Å². The average molecular weight is 183 g/mol. The molecule has 0 aliphatic carbocycles. The van der Waals surface area contributed by atoms with Crippen molar-refractivity contribution in [2.24, 2.45) is 0 Å². The largest absolute Gasteiger partial charge is 0.236 e. The third kappa shape index (κ3) is 9.11. The highest BCUT2D eigenvalue weighted by Gasteiger charge is 1.97. The standard InChI is InChI=1S/C4H7Cl2.C2H5.Al.H/c1-2-3-4(5)6;1-2;;/h4H,1-3H2;1H2,2H3;;. The van der Waals surface area contributed by atoms with Crippen molar-refractivity contribution >= 4 is 38.4 Å². The fourth-order valence-corrected chi connectivity index (χ4v) is 2.18. The first kappa shape index (κ1) is 10.1. The number of hydrogen-bond donors (Lipinski definition) is 0. The molecule has 0 aliphatic rings. The topological polar surface area (TPSA) is 0 Å². The smallest absolute Gasteiger partial charge is 0.105 e. The quantitative estimate of drug-likeness (QED) is 0.349. The lowest BCUT2D eigenvalue weighted by Crippen LogP contribution is -1.90. The summed E-state index contributed by atoms with van der Waals surface area (Å²) < 4.78 is 0. The van der Waals surface area contributed by atoms with E-state index in [0.717, 1.165) is 6.42 Å². The summed E-state index contributed by atoms with van der Waals surface area (Å²) in [5.74, 6) is 0. The SMILES string of the molecule is C[CH2][AlH][CH2]CCC(Cl)Cl. The molecule has 0 spiro atoms. The van der Waals surface area contributed by atoms with Gasteiger partial charge in [-0.25, -0.2) is 0 Å². The normalized spacial score (nSPS) is 10.2. The van der Waals surface area contributed by atoms with Gasteiger partial charge in [0.25, 0.3) is 0 Å². The van der Waals surface area contributed by atoms with Crippen LogP contribution in [0.4, 0.5) is 0 Å². The Labute approximate surface area is 73.6 Å². The zero-order chi connectivity index (χ0) is 7.11. The highest BCUT2D eigenvalue weighted by atomic mass is 35.5. The minimum absolute atomic E-state index is 0.129. The van der Waals surface area contributed by atoms with Gasteiger partial charge in [-0.05, 0) is 6.42 Å². The zero-order valence-corrected chi connectivity index (χ0v) is 8.79. The molecule has 0 fully saturated rings. The Hall–Kier alpha value is 1.11. The van der Waals surface area contributed by atoms with E-state index in [1.807, 2.05) is 0 Å². The van der Waals surface area contributed by atoms with Crippen molar-refractivity contribution in [3.8, 4) is 0 Å². The van der Waals surface area contributed by atoms with Gasteiger partial charge in [0, 0.05) is 0 Å². The van der Waals surface area contributed by atoms with Gasteiger partial charge >= 0.3 is 0 Å². The number of hydrogen-bond acceptors (Lipinski definition) is 0. The van der Waals surface area contributed by atoms with Crippen LogP contribution in [0.2, 0.25) is 10.6 Å². The lowest BCUT2D eigenvalue weighted by Gasteiger charge is -1.97. The van der Waals surface area contributed by atoms with Crippen LogP contribution in [0.5, 0.6) is 0 Å². The Morgan fingerprint density at radius 3 is 2.56 bits per heavy atom. The molecule has 0 nitrogen and oxygen atoms in total. The summed E-state index contributed by atoms with van der Waals surface area (Å²) in [7, 11) is 0. The monoisotopic (exact) mass is 182 g/mol. The van der Waals surface area contributed by atoms with E-state index in [2.05, 4.69) is 6.92 Å². The second-order valence-corrected chi connectivity index (χ2v) is 5.93. The van der Waals surface area contributed by atoms with Crippen LogP contribution in [0.3, 0.4) is 0 Å². The van der Waals surface area contributed by atoms with E-state index in [1.165, 1.54) is 17.0 Å². The Morgan fingerprint density at radius 2 is 2.11 bits per heavy atom. The van der Waals surface area contributed by atoms with Crippen LogP contribution in [0.1, 0.15) is 19.8 Å². The Kier molecular flexibility index (Phi) is 8.11. The summed E-state index contributed by atoms with van der Waals surface area (Å²) in [4.78, 5) is -0.129. The first-order valence-electron chi connectivity index (χ1n) is 3.55. The van der Waals surface area contributed by atoms with E-state index in [0.29, 0.717) is 0 Å². The third-order valence-electron chi connectivity index (χ3n) is 1.28. The third-order valence-corrected chi connectivity index (χ3v) is 3.42. The second-order valence-electron chi connectivity index (χ2n) is 2.24. The van der Waals surface area contributed by atoms with Gasteiger partial charge in [0.05, 0.1) is 0 Å². The van der Waals surface area contributed by atoms with Crippen molar-refractivity contribution in [1.82, 2.24) is 0 Å². The molecule has 0 aromatic carbocycles. The highest BCUT2D eigenvalue weighted by molar-refractivity contribution is 6.44. The van der Waals surface area contributed by atoms with Gasteiger partial charge in [-0.15, -0.1) is 28.5 Å². The molecular formula is C6H13AlCl2. The van der Waals surface area contributed by atoms with Gasteiger partial charge in [0.1, 0.15) is 4.84 Å². The average Bonchev–Trinajstić information content (AvgIpc) is 1.80. The summed E-state index contributed by atoms with van der Waals surface area (Å²) in [5.41, 5.74) is 0. The predicted molar refractivity (Wildman–Crippen MR) is 47.2 cm³/mol. The summed E-state index contributed by atoms with van der Waals surface area (Å²) in [6, 6.07) is 0.